The van der Waals surface area contributed by atoms with Crippen molar-refractivity contribution in [1.82, 2.24) is 4.98 Å². The van der Waals surface area contributed by atoms with Crippen LogP contribution in [0.15, 0.2) is 42.6 Å². The summed E-state index contributed by atoms with van der Waals surface area (Å²) >= 11 is 0. The highest BCUT2D eigenvalue weighted by atomic mass is 14.8. The summed E-state index contributed by atoms with van der Waals surface area (Å²) in [6.45, 7) is 2.13. The van der Waals surface area contributed by atoms with E-state index in [1.807, 2.05) is 12.1 Å². The lowest BCUT2D eigenvalue weighted by Crippen LogP contribution is -2.13. The lowest BCUT2D eigenvalue weighted by Gasteiger charge is -2.06. The molecular formula is C15H17N3. The van der Waals surface area contributed by atoms with Gasteiger partial charge in [0.05, 0.1) is 0 Å². The minimum absolute atomic E-state index is 0.0211. The fourth-order valence-corrected chi connectivity index (χ4v) is 1.95. The molecule has 0 spiro atoms. The highest BCUT2D eigenvalue weighted by Gasteiger charge is 2.02. The smallest absolute Gasteiger partial charge is 0.141 e. The van der Waals surface area contributed by atoms with Gasteiger partial charge in [-0.1, -0.05) is 24.3 Å². The summed E-state index contributed by atoms with van der Waals surface area (Å²) in [5.41, 5.74) is 9.83. The van der Waals surface area contributed by atoms with Gasteiger partial charge in [-0.25, -0.2) is 0 Å². The number of aryl methyl sites for hydroxylation is 3. The van der Waals surface area contributed by atoms with E-state index in [-0.39, 0.29) is 5.84 Å². The number of nitrogens with one attached hydrogen (secondary N) is 1. The van der Waals surface area contributed by atoms with E-state index >= 15 is 0 Å². The van der Waals surface area contributed by atoms with E-state index in [0.29, 0.717) is 5.69 Å². The van der Waals surface area contributed by atoms with Gasteiger partial charge in [0.2, 0.25) is 0 Å². The molecule has 0 fully saturated rings. The van der Waals surface area contributed by atoms with Crippen molar-refractivity contribution in [2.75, 3.05) is 0 Å². The van der Waals surface area contributed by atoms with Crippen molar-refractivity contribution >= 4 is 5.84 Å². The maximum Gasteiger partial charge on any atom is 0.141 e. The fraction of sp³-hybridized carbons (Fsp3) is 0.200. The van der Waals surface area contributed by atoms with Gasteiger partial charge in [-0.05, 0) is 48.6 Å². The van der Waals surface area contributed by atoms with E-state index in [1.54, 1.807) is 6.20 Å². The molecule has 0 aliphatic heterocycles. The number of nitrogen functional groups attached to an aromatic ring is 1. The number of nitrogens with zero attached hydrogens (tertiary/aromatic N) is 1. The first-order valence-electron chi connectivity index (χ1n) is 6.00. The Morgan fingerprint density at radius 2 is 2.00 bits per heavy atom. The van der Waals surface area contributed by atoms with Crippen LogP contribution in [0.5, 0.6) is 0 Å². The van der Waals surface area contributed by atoms with E-state index in [4.69, 9.17) is 11.1 Å². The molecule has 0 saturated carbocycles. The molecule has 0 bridgehead atoms. The first-order chi connectivity index (χ1) is 8.66. The van der Waals surface area contributed by atoms with E-state index in [9.17, 15) is 0 Å². The van der Waals surface area contributed by atoms with Crippen molar-refractivity contribution in [1.29, 1.82) is 5.41 Å². The number of aromatic nitrogens is 1. The molecule has 92 valence electrons. The van der Waals surface area contributed by atoms with E-state index in [2.05, 4.69) is 36.2 Å². The molecule has 1 heterocycles. The monoisotopic (exact) mass is 239 g/mol. The summed E-state index contributed by atoms with van der Waals surface area (Å²) < 4.78 is 0. The molecule has 3 heteroatoms. The van der Waals surface area contributed by atoms with Crippen molar-refractivity contribution in [3.8, 4) is 0 Å². The van der Waals surface area contributed by atoms with E-state index < -0.39 is 0 Å². The van der Waals surface area contributed by atoms with Crippen LogP contribution < -0.4 is 5.73 Å². The fourth-order valence-electron chi connectivity index (χ4n) is 1.95. The number of hydrogen-bond acceptors (Lipinski definition) is 2. The van der Waals surface area contributed by atoms with Crippen molar-refractivity contribution in [2.24, 2.45) is 5.73 Å². The second kappa shape index (κ2) is 5.45. The largest absolute Gasteiger partial charge is 0.382 e. The lowest BCUT2D eigenvalue weighted by molar-refractivity contribution is 0.943. The normalized spacial score (nSPS) is 10.3. The van der Waals surface area contributed by atoms with Crippen LogP contribution in [0.4, 0.5) is 0 Å². The summed E-state index contributed by atoms with van der Waals surface area (Å²) in [4.78, 5) is 4.06. The van der Waals surface area contributed by atoms with Crippen LogP contribution in [0.25, 0.3) is 0 Å². The topological polar surface area (TPSA) is 62.8 Å². The molecule has 0 amide bonds. The summed E-state index contributed by atoms with van der Waals surface area (Å²) in [7, 11) is 0. The SMILES string of the molecule is Cc1ccccc1CCc1ccnc(C(=N)N)c1. The highest BCUT2D eigenvalue weighted by molar-refractivity contribution is 5.93. The van der Waals surface area contributed by atoms with Gasteiger partial charge < -0.3 is 5.73 Å². The van der Waals surface area contributed by atoms with Gasteiger partial charge in [-0.3, -0.25) is 10.4 Å². The molecule has 2 rings (SSSR count). The lowest BCUT2D eigenvalue weighted by atomic mass is 10.0. The summed E-state index contributed by atoms with van der Waals surface area (Å²) in [6.07, 6.45) is 3.64. The zero-order valence-corrected chi connectivity index (χ0v) is 10.5. The third-order valence-electron chi connectivity index (χ3n) is 3.04. The quantitative estimate of drug-likeness (QED) is 0.636. The predicted octanol–water partition coefficient (Wildman–Crippen LogP) is 2.46. The van der Waals surface area contributed by atoms with Crippen molar-refractivity contribution in [3.63, 3.8) is 0 Å². The van der Waals surface area contributed by atoms with E-state index in [0.717, 1.165) is 12.8 Å². The Labute approximate surface area is 107 Å². The van der Waals surface area contributed by atoms with Crippen molar-refractivity contribution in [2.45, 2.75) is 19.8 Å². The van der Waals surface area contributed by atoms with Crippen molar-refractivity contribution in [3.05, 3.63) is 65.0 Å². The summed E-state index contributed by atoms with van der Waals surface area (Å²) in [5, 5.41) is 7.38. The number of hydrogen-bond donors (Lipinski definition) is 2. The minimum Gasteiger partial charge on any atom is -0.382 e. The summed E-state index contributed by atoms with van der Waals surface area (Å²) in [6, 6.07) is 12.3. The third kappa shape index (κ3) is 2.94. The molecule has 0 atom stereocenters. The van der Waals surface area contributed by atoms with Crippen LogP contribution in [0.2, 0.25) is 0 Å². The molecular weight excluding hydrogens is 222 g/mol. The van der Waals surface area contributed by atoms with Crippen molar-refractivity contribution < 1.29 is 0 Å². The maximum absolute atomic E-state index is 7.38. The first-order valence-corrected chi connectivity index (χ1v) is 6.00. The Morgan fingerprint density at radius 1 is 1.22 bits per heavy atom. The second-order valence-electron chi connectivity index (χ2n) is 4.39. The molecule has 0 saturated heterocycles. The molecule has 0 unspecified atom stereocenters. The van der Waals surface area contributed by atoms with Gasteiger partial charge in [0.25, 0.3) is 0 Å². The van der Waals surface area contributed by atoms with Gasteiger partial charge in [0.1, 0.15) is 11.5 Å². The molecule has 2 aromatic rings. The Kier molecular flexibility index (Phi) is 3.72. The Balaban J connectivity index is 2.09. The van der Waals surface area contributed by atoms with Crippen LogP contribution >= 0.6 is 0 Å². The number of pyridine rings is 1. The third-order valence-corrected chi connectivity index (χ3v) is 3.04. The predicted molar refractivity (Wildman–Crippen MR) is 73.8 cm³/mol. The highest BCUT2D eigenvalue weighted by Crippen LogP contribution is 2.11. The second-order valence-corrected chi connectivity index (χ2v) is 4.39. The Hall–Kier alpha value is -2.16. The molecule has 0 aliphatic carbocycles. The zero-order valence-electron chi connectivity index (χ0n) is 10.5. The molecule has 18 heavy (non-hydrogen) atoms. The number of nitrogens with two attached hydrogens (primary N) is 1. The van der Waals surface area contributed by atoms with Crippen LogP contribution in [0.1, 0.15) is 22.4 Å². The van der Waals surface area contributed by atoms with Crippen LogP contribution in [-0.2, 0) is 12.8 Å². The van der Waals surface area contributed by atoms with Gasteiger partial charge in [0.15, 0.2) is 0 Å². The number of rotatable bonds is 4. The average molecular weight is 239 g/mol. The summed E-state index contributed by atoms with van der Waals surface area (Å²) in [5.74, 6) is 0.0211. The molecule has 1 aromatic carbocycles. The Bertz CT molecular complexity index is 561. The van der Waals surface area contributed by atoms with Gasteiger partial charge >= 0.3 is 0 Å². The van der Waals surface area contributed by atoms with Gasteiger partial charge in [-0.2, -0.15) is 0 Å². The molecule has 0 aliphatic rings. The van der Waals surface area contributed by atoms with Crippen LogP contribution in [0.3, 0.4) is 0 Å². The van der Waals surface area contributed by atoms with Crippen LogP contribution in [0, 0.1) is 12.3 Å². The standard InChI is InChI=1S/C15H17N3/c1-11-4-2-3-5-13(11)7-6-12-8-9-18-14(10-12)15(16)17/h2-5,8-10H,6-7H2,1H3,(H3,16,17). The first kappa shape index (κ1) is 12.3. The zero-order chi connectivity index (χ0) is 13.0. The Morgan fingerprint density at radius 3 is 2.72 bits per heavy atom. The minimum atomic E-state index is 0.0211. The van der Waals surface area contributed by atoms with Gasteiger partial charge in [-0.15, -0.1) is 0 Å². The average Bonchev–Trinajstić information content (AvgIpc) is 2.38. The molecule has 3 N–H and O–H groups in total. The maximum atomic E-state index is 7.38. The van der Waals surface area contributed by atoms with Crippen LogP contribution in [-0.4, -0.2) is 10.8 Å². The molecule has 3 nitrogen and oxygen atoms in total. The molecule has 0 radical (unpaired) electrons. The number of amidine groups is 1. The molecule has 1 aromatic heterocycles. The van der Waals surface area contributed by atoms with Gasteiger partial charge in [0, 0.05) is 6.20 Å². The van der Waals surface area contributed by atoms with E-state index in [1.165, 1.54) is 16.7 Å². The number of benzene rings is 1.